The van der Waals surface area contributed by atoms with E-state index in [2.05, 4.69) is 28.1 Å². The minimum absolute atomic E-state index is 0.928. The molecule has 0 bridgehead atoms. The van der Waals surface area contributed by atoms with Crippen LogP contribution in [-0.4, -0.2) is 0 Å². The quantitative estimate of drug-likeness (QED) is 0.784. The Morgan fingerprint density at radius 1 is 1.15 bits per heavy atom. The van der Waals surface area contributed by atoms with Crippen LogP contribution in [0.2, 0.25) is 0 Å². The van der Waals surface area contributed by atoms with Crippen LogP contribution in [0.1, 0.15) is 0 Å². The second kappa shape index (κ2) is 3.93. The Hall–Kier alpha value is -0.137. The average molecular weight is 313 g/mol. The Morgan fingerprint density at radius 2 is 2.00 bits per heavy atom. The van der Waals surface area contributed by atoms with E-state index in [-0.39, 0.29) is 0 Å². The Morgan fingerprint density at radius 3 is 2.77 bits per heavy atom. The number of hydrogen-bond donors (Lipinski definition) is 0. The summed E-state index contributed by atoms with van der Waals surface area (Å²) in [6, 6.07) is 12.3. The van der Waals surface area contributed by atoms with Crippen molar-refractivity contribution in [1.82, 2.24) is 0 Å². The summed E-state index contributed by atoms with van der Waals surface area (Å²) in [6.07, 6.45) is 0. The Bertz CT molecular complexity index is 442. The predicted octanol–water partition coefficient (Wildman–Crippen LogP) is 3.44. The third-order valence-corrected chi connectivity index (χ3v) is 3.19. The molecular formula is C10H6BrOZr. The van der Waals surface area contributed by atoms with Crippen molar-refractivity contribution in [2.75, 3.05) is 0 Å². The first-order valence-corrected chi connectivity index (χ1v) is 5.63. The molecule has 0 saturated heterocycles. The van der Waals surface area contributed by atoms with Crippen molar-refractivity contribution in [2.24, 2.45) is 0 Å². The molecule has 0 N–H and O–H groups in total. The summed E-state index contributed by atoms with van der Waals surface area (Å²) in [4.78, 5) is 0. The normalized spacial score (nSPS) is 10.2. The zero-order valence-corrected chi connectivity index (χ0v) is 10.8. The number of benzene rings is 2. The van der Waals surface area contributed by atoms with E-state index in [1.54, 1.807) is 0 Å². The van der Waals surface area contributed by atoms with Crippen LogP contribution in [0.15, 0.2) is 40.9 Å². The fourth-order valence-corrected chi connectivity index (χ4v) is 2.09. The van der Waals surface area contributed by atoms with Crippen molar-refractivity contribution in [3.8, 4) is 5.75 Å². The molecule has 2 aromatic carbocycles. The molecule has 0 saturated carbocycles. The van der Waals surface area contributed by atoms with Gasteiger partial charge in [-0.1, -0.05) is 0 Å². The molecule has 0 spiro atoms. The number of fused-ring (bicyclic) bond motifs is 1. The van der Waals surface area contributed by atoms with Gasteiger partial charge in [0.1, 0.15) is 0 Å². The molecule has 2 rings (SSSR count). The van der Waals surface area contributed by atoms with Gasteiger partial charge in [-0.2, -0.15) is 0 Å². The van der Waals surface area contributed by atoms with Gasteiger partial charge in [-0.15, -0.1) is 0 Å². The average Bonchev–Trinajstić information content (AvgIpc) is 2.18. The summed E-state index contributed by atoms with van der Waals surface area (Å²) in [6.45, 7) is 0. The van der Waals surface area contributed by atoms with E-state index in [9.17, 15) is 0 Å². The molecule has 13 heavy (non-hydrogen) atoms. The van der Waals surface area contributed by atoms with Crippen molar-refractivity contribution >= 4 is 26.7 Å². The monoisotopic (exact) mass is 311 g/mol. The van der Waals surface area contributed by atoms with E-state index in [4.69, 9.17) is 2.81 Å². The van der Waals surface area contributed by atoms with Gasteiger partial charge in [-0.25, -0.2) is 0 Å². The second-order valence-electron chi connectivity index (χ2n) is 2.72. The van der Waals surface area contributed by atoms with E-state index in [0.717, 1.165) is 35.4 Å². The first-order chi connectivity index (χ1) is 6.31. The van der Waals surface area contributed by atoms with Crippen molar-refractivity contribution in [1.29, 1.82) is 0 Å². The summed E-state index contributed by atoms with van der Waals surface area (Å²) >= 11 is 4.58. The molecule has 0 radical (unpaired) electrons. The molecule has 0 aliphatic heterocycles. The standard InChI is InChI=1S/C10H7BrO.Zr/c11-10-3-1-2-7-4-5-8(12)6-9(7)10;/h1-6,12H;/q;+1/p-1. The van der Waals surface area contributed by atoms with Crippen LogP contribution < -0.4 is 2.81 Å². The van der Waals surface area contributed by atoms with Crippen molar-refractivity contribution in [3.63, 3.8) is 0 Å². The van der Waals surface area contributed by atoms with E-state index < -0.39 is 0 Å². The molecule has 1 nitrogen and oxygen atoms in total. The van der Waals surface area contributed by atoms with E-state index in [0.29, 0.717) is 0 Å². The van der Waals surface area contributed by atoms with Crippen molar-refractivity contribution in [2.45, 2.75) is 0 Å². The van der Waals surface area contributed by atoms with E-state index in [1.807, 2.05) is 24.3 Å². The molecule has 0 aliphatic carbocycles. The van der Waals surface area contributed by atoms with Gasteiger partial charge in [0.05, 0.1) is 0 Å². The molecule has 0 amide bonds. The first kappa shape index (κ1) is 9.42. The van der Waals surface area contributed by atoms with Gasteiger partial charge >= 0.3 is 101 Å². The molecule has 3 heteroatoms. The fourth-order valence-electron chi connectivity index (χ4n) is 1.28. The van der Waals surface area contributed by atoms with Gasteiger partial charge in [0.2, 0.25) is 0 Å². The van der Waals surface area contributed by atoms with Crippen molar-refractivity contribution < 1.29 is 28.0 Å². The maximum atomic E-state index is 5.25. The van der Waals surface area contributed by atoms with Crippen LogP contribution >= 0.6 is 15.9 Å². The molecule has 2 aromatic rings. The number of rotatable bonds is 1. The molecule has 0 fully saturated rings. The van der Waals surface area contributed by atoms with Crippen LogP contribution in [0.3, 0.4) is 0 Å². The van der Waals surface area contributed by atoms with Gasteiger partial charge in [-0.05, 0) is 0 Å². The molecule has 0 unspecified atom stereocenters. The number of halogens is 1. The second-order valence-corrected chi connectivity index (χ2v) is 4.08. The van der Waals surface area contributed by atoms with Gasteiger partial charge in [0, 0.05) is 0 Å². The third kappa shape index (κ3) is 1.87. The van der Waals surface area contributed by atoms with Crippen LogP contribution in [0.5, 0.6) is 5.75 Å². The zero-order valence-electron chi connectivity index (χ0n) is 6.75. The summed E-state index contributed by atoms with van der Waals surface area (Å²) in [7, 11) is 0. The maximum absolute atomic E-state index is 5.25. The summed E-state index contributed by atoms with van der Waals surface area (Å²) in [5.74, 6) is 0.928. The molecule has 0 aliphatic rings. The van der Waals surface area contributed by atoms with Crippen LogP contribution in [0.4, 0.5) is 0 Å². The Labute approximate surface area is 101 Å². The topological polar surface area (TPSA) is 9.23 Å². The minimum atomic E-state index is 0.928. The fraction of sp³-hybridized carbons (Fsp3) is 0. The van der Waals surface area contributed by atoms with Crippen LogP contribution in [0, 0.1) is 0 Å². The SMILES string of the molecule is Brc1cccc2ccc([O][Zr])cc12. The zero-order chi connectivity index (χ0) is 9.26. The van der Waals surface area contributed by atoms with E-state index in [1.165, 1.54) is 10.8 Å². The molecular weight excluding hydrogens is 307 g/mol. The summed E-state index contributed by atoms with van der Waals surface area (Å²) in [5, 5.41) is 2.42. The summed E-state index contributed by atoms with van der Waals surface area (Å²) < 4.78 is 6.36. The van der Waals surface area contributed by atoms with Gasteiger partial charge in [0.25, 0.3) is 0 Å². The Kier molecular flexibility index (Phi) is 2.85. The molecule has 0 aromatic heterocycles. The first-order valence-electron chi connectivity index (χ1n) is 3.83. The molecule has 0 heterocycles. The van der Waals surface area contributed by atoms with Gasteiger partial charge < -0.3 is 0 Å². The van der Waals surface area contributed by atoms with Crippen LogP contribution in [0.25, 0.3) is 10.8 Å². The van der Waals surface area contributed by atoms with Crippen molar-refractivity contribution in [3.05, 3.63) is 40.9 Å². The van der Waals surface area contributed by atoms with Gasteiger partial charge in [-0.3, -0.25) is 0 Å². The molecule has 63 valence electrons. The van der Waals surface area contributed by atoms with Crippen LogP contribution in [-0.2, 0) is 25.2 Å². The number of hydrogen-bond acceptors (Lipinski definition) is 1. The van der Waals surface area contributed by atoms with E-state index >= 15 is 0 Å². The Balaban J connectivity index is 2.74. The third-order valence-electron chi connectivity index (χ3n) is 1.92. The summed E-state index contributed by atoms with van der Waals surface area (Å²) in [5.41, 5.74) is 0. The molecule has 0 atom stereocenters. The van der Waals surface area contributed by atoms with Gasteiger partial charge in [0.15, 0.2) is 0 Å². The predicted molar refractivity (Wildman–Crippen MR) is 52.3 cm³/mol.